The second-order valence-electron chi connectivity index (χ2n) is 11.7. The molecule has 7 heteroatoms. The minimum Gasteiger partial charge on any atom is -0.444 e. The molecule has 1 aliphatic heterocycles. The van der Waals surface area contributed by atoms with E-state index in [2.05, 4.69) is 44.9 Å². The lowest BCUT2D eigenvalue weighted by molar-refractivity contribution is 0.0130. The van der Waals surface area contributed by atoms with Gasteiger partial charge in [0, 0.05) is 18.6 Å². The fraction of sp³-hybridized carbons (Fsp3) is 0.750. The first-order valence-corrected chi connectivity index (χ1v) is 12.1. The Morgan fingerprint density at radius 1 is 1.32 bits per heavy atom. The zero-order valence-electron chi connectivity index (χ0n) is 20.6. The van der Waals surface area contributed by atoms with Gasteiger partial charge in [0.25, 0.3) is 0 Å². The number of carbonyl (C=O) groups excluding carboxylic acids is 1. The van der Waals surface area contributed by atoms with Gasteiger partial charge in [-0.1, -0.05) is 26.8 Å². The van der Waals surface area contributed by atoms with Crippen LogP contribution in [0.25, 0.3) is 0 Å². The number of amides is 1. The molecule has 0 bridgehead atoms. The molecule has 0 saturated carbocycles. The summed E-state index contributed by atoms with van der Waals surface area (Å²) in [6.07, 6.45) is 2.96. The number of hydrogen-bond donors (Lipinski definition) is 2. The minimum absolute atomic E-state index is 0.194. The smallest absolute Gasteiger partial charge is 0.410 e. The Kier molecular flexibility index (Phi) is 8.31. The molecule has 0 aromatic carbocycles. The summed E-state index contributed by atoms with van der Waals surface area (Å²) in [4.78, 5) is 19.2. The van der Waals surface area contributed by atoms with Crippen molar-refractivity contribution in [3.05, 3.63) is 18.2 Å². The van der Waals surface area contributed by atoms with Crippen molar-refractivity contribution in [2.24, 2.45) is 22.4 Å². The molecule has 1 amide bonds. The summed E-state index contributed by atoms with van der Waals surface area (Å²) < 4.78 is 5.67. The lowest BCUT2D eigenvalue weighted by Gasteiger charge is -2.33. The highest BCUT2D eigenvalue weighted by atomic mass is 32.2. The number of carbonyl (C=O) groups is 1. The summed E-state index contributed by atoms with van der Waals surface area (Å²) in [6, 6.07) is 5.87. The van der Waals surface area contributed by atoms with Gasteiger partial charge in [-0.2, -0.15) is 0 Å². The molecule has 2 heterocycles. The third-order valence-electron chi connectivity index (χ3n) is 5.56. The second kappa shape index (κ2) is 9.99. The molecule has 0 spiro atoms. The van der Waals surface area contributed by atoms with Gasteiger partial charge < -0.3 is 15.0 Å². The molecule has 176 valence electrons. The fourth-order valence-electron chi connectivity index (χ4n) is 4.59. The first kappa shape index (κ1) is 25.8. The largest absolute Gasteiger partial charge is 0.444 e. The Balaban J connectivity index is 2.05. The van der Waals surface area contributed by atoms with Crippen molar-refractivity contribution in [2.75, 3.05) is 18.4 Å². The van der Waals surface area contributed by atoms with E-state index in [0.717, 1.165) is 55.1 Å². The van der Waals surface area contributed by atoms with Gasteiger partial charge in [-0.05, 0) is 95.2 Å². The van der Waals surface area contributed by atoms with Crippen LogP contribution in [0.5, 0.6) is 0 Å². The van der Waals surface area contributed by atoms with Crippen molar-refractivity contribution < 1.29 is 9.53 Å². The van der Waals surface area contributed by atoms with Gasteiger partial charge in [-0.25, -0.2) is 9.78 Å². The Morgan fingerprint density at radius 3 is 2.58 bits per heavy atom. The predicted octanol–water partition coefficient (Wildman–Crippen LogP) is 5.94. The first-order valence-electron chi connectivity index (χ1n) is 11.3. The number of likely N-dealkylation sites (tertiary alicyclic amines) is 1. The standard InChI is InChI=1S/C24H42N4O2S/c1-22(2,3)13-17(15-26-19-10-9-11-20(27-19)31-25)12-18-14-24(7,8)28(16-18)21(29)30-23(4,5)6/h9-11,17-18H,12-16,25H2,1-8H3,(H,26,27). The summed E-state index contributed by atoms with van der Waals surface area (Å²) in [5.41, 5.74) is -0.443. The number of nitrogens with zero attached hydrogens (tertiary/aromatic N) is 2. The molecule has 0 aliphatic carbocycles. The van der Waals surface area contributed by atoms with E-state index in [9.17, 15) is 4.79 Å². The van der Waals surface area contributed by atoms with E-state index in [0.29, 0.717) is 11.8 Å². The molecule has 1 saturated heterocycles. The highest BCUT2D eigenvalue weighted by Crippen LogP contribution is 2.39. The normalized spacial score (nSPS) is 19.9. The molecule has 1 aromatic rings. The van der Waals surface area contributed by atoms with Gasteiger partial charge in [0.05, 0.1) is 0 Å². The Hall–Kier alpha value is -1.47. The summed E-state index contributed by atoms with van der Waals surface area (Å²) in [7, 11) is 0. The van der Waals surface area contributed by atoms with Gasteiger partial charge in [-0.3, -0.25) is 5.14 Å². The van der Waals surface area contributed by atoms with Gasteiger partial charge in [0.15, 0.2) is 0 Å². The van der Waals surface area contributed by atoms with Crippen LogP contribution in [-0.2, 0) is 4.74 Å². The maximum absolute atomic E-state index is 12.8. The van der Waals surface area contributed by atoms with Crippen LogP contribution in [0.1, 0.15) is 74.7 Å². The van der Waals surface area contributed by atoms with Crippen LogP contribution in [0.2, 0.25) is 0 Å². The van der Waals surface area contributed by atoms with Crippen LogP contribution in [0.3, 0.4) is 0 Å². The molecular formula is C24H42N4O2S. The lowest BCUT2D eigenvalue weighted by atomic mass is 9.79. The number of hydrogen-bond acceptors (Lipinski definition) is 6. The fourth-order valence-corrected chi connectivity index (χ4v) is 4.90. The van der Waals surface area contributed by atoms with E-state index in [1.807, 2.05) is 43.9 Å². The Bertz CT molecular complexity index is 740. The summed E-state index contributed by atoms with van der Waals surface area (Å²) in [5, 5.41) is 9.98. The molecule has 1 aliphatic rings. The number of aromatic nitrogens is 1. The van der Waals surface area contributed by atoms with E-state index in [-0.39, 0.29) is 17.0 Å². The van der Waals surface area contributed by atoms with E-state index in [4.69, 9.17) is 9.88 Å². The van der Waals surface area contributed by atoms with Crippen molar-refractivity contribution in [1.29, 1.82) is 0 Å². The quantitative estimate of drug-likeness (QED) is 0.501. The van der Waals surface area contributed by atoms with Gasteiger partial charge in [0.1, 0.15) is 16.4 Å². The number of pyridine rings is 1. The van der Waals surface area contributed by atoms with Crippen LogP contribution in [0, 0.1) is 17.3 Å². The average Bonchev–Trinajstić information content (AvgIpc) is 2.91. The minimum atomic E-state index is -0.479. The monoisotopic (exact) mass is 450 g/mol. The summed E-state index contributed by atoms with van der Waals surface area (Å²) in [5.74, 6) is 1.79. The van der Waals surface area contributed by atoms with Crippen molar-refractivity contribution in [3.63, 3.8) is 0 Å². The van der Waals surface area contributed by atoms with Crippen molar-refractivity contribution >= 4 is 23.9 Å². The lowest BCUT2D eigenvalue weighted by Crippen LogP contribution is -2.45. The number of rotatable bonds is 7. The zero-order valence-corrected chi connectivity index (χ0v) is 21.4. The SMILES string of the molecule is CC(C)(C)CC(CNc1cccc(SN)n1)CC1CN(C(=O)OC(C)(C)C)C(C)(C)C1. The van der Waals surface area contributed by atoms with E-state index in [1.54, 1.807) is 0 Å². The number of nitrogens with two attached hydrogens (primary N) is 1. The zero-order chi connectivity index (χ0) is 23.4. The van der Waals surface area contributed by atoms with Crippen molar-refractivity contribution in [2.45, 2.75) is 90.8 Å². The molecule has 2 unspecified atom stereocenters. The average molecular weight is 451 g/mol. The first-order chi connectivity index (χ1) is 14.2. The maximum Gasteiger partial charge on any atom is 0.410 e. The number of nitrogens with one attached hydrogen (secondary N) is 1. The highest BCUT2D eigenvalue weighted by molar-refractivity contribution is 7.97. The summed E-state index contributed by atoms with van der Waals surface area (Å²) in [6.45, 7) is 18.5. The van der Waals surface area contributed by atoms with Crippen LogP contribution in [-0.4, -0.2) is 40.2 Å². The van der Waals surface area contributed by atoms with Gasteiger partial charge in [-0.15, -0.1) is 0 Å². The molecule has 0 radical (unpaired) electrons. The van der Waals surface area contributed by atoms with Crippen LogP contribution >= 0.6 is 11.9 Å². The molecule has 1 fully saturated rings. The third-order valence-corrected chi connectivity index (χ3v) is 6.03. The molecule has 6 nitrogen and oxygen atoms in total. The molecule has 2 rings (SSSR count). The molecule has 2 atom stereocenters. The highest BCUT2D eigenvalue weighted by Gasteiger charge is 2.43. The predicted molar refractivity (Wildman–Crippen MR) is 130 cm³/mol. The van der Waals surface area contributed by atoms with E-state index in [1.165, 1.54) is 0 Å². The number of anilines is 1. The molecule has 31 heavy (non-hydrogen) atoms. The second-order valence-corrected chi connectivity index (χ2v) is 12.4. The van der Waals surface area contributed by atoms with Crippen LogP contribution in [0.4, 0.5) is 10.6 Å². The molecule has 1 aromatic heterocycles. The Labute approximate surface area is 193 Å². The number of ether oxygens (including phenoxy) is 1. The van der Waals surface area contributed by atoms with Crippen LogP contribution < -0.4 is 10.5 Å². The van der Waals surface area contributed by atoms with Gasteiger partial charge in [0.2, 0.25) is 0 Å². The van der Waals surface area contributed by atoms with Crippen molar-refractivity contribution in [3.8, 4) is 0 Å². The van der Waals surface area contributed by atoms with E-state index >= 15 is 0 Å². The van der Waals surface area contributed by atoms with Gasteiger partial charge >= 0.3 is 6.09 Å². The molecule has 3 N–H and O–H groups in total. The van der Waals surface area contributed by atoms with Crippen molar-refractivity contribution in [1.82, 2.24) is 9.88 Å². The van der Waals surface area contributed by atoms with Crippen LogP contribution in [0.15, 0.2) is 23.2 Å². The Morgan fingerprint density at radius 2 is 2.00 bits per heavy atom. The third kappa shape index (κ3) is 8.53. The molecular weight excluding hydrogens is 408 g/mol. The van der Waals surface area contributed by atoms with E-state index < -0.39 is 5.60 Å². The maximum atomic E-state index is 12.8. The topological polar surface area (TPSA) is 80.5 Å². The summed E-state index contributed by atoms with van der Waals surface area (Å²) >= 11 is 1.16.